The summed E-state index contributed by atoms with van der Waals surface area (Å²) in [7, 11) is 0. The average molecular weight is 319 g/mol. The maximum atomic E-state index is 12.5. The molecule has 0 bridgehead atoms. The van der Waals surface area contributed by atoms with Crippen LogP contribution in [0, 0.1) is 0 Å². The van der Waals surface area contributed by atoms with Gasteiger partial charge in [-0.05, 0) is 38.7 Å². The highest BCUT2D eigenvalue weighted by Gasteiger charge is 2.24. The summed E-state index contributed by atoms with van der Waals surface area (Å²) in [5, 5.41) is 0.838. The lowest BCUT2D eigenvalue weighted by Gasteiger charge is -2.34. The van der Waals surface area contributed by atoms with E-state index in [0.717, 1.165) is 42.0 Å². The minimum Gasteiger partial charge on any atom is -0.373 e. The van der Waals surface area contributed by atoms with E-state index in [1.54, 1.807) is 11.3 Å². The molecule has 0 aromatic carbocycles. The van der Waals surface area contributed by atoms with Crippen LogP contribution in [0.3, 0.4) is 0 Å². The molecule has 0 unspecified atom stereocenters. The third kappa shape index (κ3) is 2.49. The van der Waals surface area contributed by atoms with Crippen molar-refractivity contribution in [2.75, 3.05) is 13.1 Å². The normalized spacial score (nSPS) is 25.7. The zero-order chi connectivity index (χ0) is 15.3. The van der Waals surface area contributed by atoms with Crippen LogP contribution in [0.5, 0.6) is 0 Å². The molecule has 5 nitrogen and oxygen atoms in total. The fraction of sp³-hybridized carbons (Fsp3) is 0.625. The summed E-state index contributed by atoms with van der Waals surface area (Å²) in [6, 6.07) is 0. The topological polar surface area (TPSA) is 58.2 Å². The zero-order valence-electron chi connectivity index (χ0n) is 13.0. The standard InChI is InChI=1S/C16H21N3O2S/c1-9-6-19(7-10(2)21-9)8-13-17-15(20)14-11-4-3-5-12(11)22-16(14)18-13/h9-10H,3-8H2,1-2H3,(H,17,18,20)/t9-,10-/m0/s1. The smallest absolute Gasteiger partial charge is 0.259 e. The van der Waals surface area contributed by atoms with E-state index in [1.807, 2.05) is 0 Å². The summed E-state index contributed by atoms with van der Waals surface area (Å²) in [6.07, 6.45) is 3.75. The second-order valence-electron chi connectivity index (χ2n) is 6.50. The molecule has 2 aromatic rings. The van der Waals surface area contributed by atoms with Gasteiger partial charge in [0.1, 0.15) is 10.7 Å². The van der Waals surface area contributed by atoms with E-state index < -0.39 is 0 Å². The molecule has 2 atom stereocenters. The number of thiophene rings is 1. The maximum absolute atomic E-state index is 12.5. The second kappa shape index (κ2) is 5.44. The van der Waals surface area contributed by atoms with Gasteiger partial charge in [0.05, 0.1) is 24.1 Å². The van der Waals surface area contributed by atoms with Gasteiger partial charge in [-0.3, -0.25) is 9.69 Å². The van der Waals surface area contributed by atoms with E-state index in [0.29, 0.717) is 6.54 Å². The van der Waals surface area contributed by atoms with E-state index in [-0.39, 0.29) is 17.8 Å². The number of morpholine rings is 1. The number of aryl methyl sites for hydroxylation is 2. The Kier molecular flexibility index (Phi) is 3.55. The molecule has 0 amide bonds. The first-order chi connectivity index (χ1) is 10.6. The lowest BCUT2D eigenvalue weighted by molar-refractivity contribution is -0.0710. The zero-order valence-corrected chi connectivity index (χ0v) is 13.8. The van der Waals surface area contributed by atoms with Crippen LogP contribution >= 0.6 is 11.3 Å². The number of rotatable bonds is 2. The molecule has 22 heavy (non-hydrogen) atoms. The van der Waals surface area contributed by atoms with Crippen LogP contribution in [0.15, 0.2) is 4.79 Å². The number of fused-ring (bicyclic) bond motifs is 3. The van der Waals surface area contributed by atoms with Crippen LogP contribution in [0.25, 0.3) is 10.2 Å². The van der Waals surface area contributed by atoms with Crippen molar-refractivity contribution in [2.24, 2.45) is 0 Å². The molecule has 3 heterocycles. The number of ether oxygens (including phenoxy) is 1. The van der Waals surface area contributed by atoms with Crippen molar-refractivity contribution < 1.29 is 4.74 Å². The van der Waals surface area contributed by atoms with Gasteiger partial charge in [-0.15, -0.1) is 11.3 Å². The summed E-state index contributed by atoms with van der Waals surface area (Å²) >= 11 is 1.70. The third-order valence-corrected chi connectivity index (χ3v) is 5.68. The van der Waals surface area contributed by atoms with Crippen molar-refractivity contribution in [3.8, 4) is 0 Å². The first-order valence-electron chi connectivity index (χ1n) is 8.01. The van der Waals surface area contributed by atoms with Gasteiger partial charge in [-0.2, -0.15) is 0 Å². The van der Waals surface area contributed by atoms with E-state index in [4.69, 9.17) is 9.72 Å². The van der Waals surface area contributed by atoms with Gasteiger partial charge in [-0.1, -0.05) is 0 Å². The highest BCUT2D eigenvalue weighted by molar-refractivity contribution is 7.18. The number of hydrogen-bond donors (Lipinski definition) is 1. The Hall–Kier alpha value is -1.24. The quantitative estimate of drug-likeness (QED) is 0.921. The van der Waals surface area contributed by atoms with Crippen LogP contribution in [-0.2, 0) is 24.1 Å². The Bertz CT molecular complexity index is 757. The molecular weight excluding hydrogens is 298 g/mol. The molecule has 6 heteroatoms. The molecule has 118 valence electrons. The number of nitrogens with zero attached hydrogens (tertiary/aromatic N) is 2. The number of hydrogen-bond acceptors (Lipinski definition) is 5. The fourth-order valence-electron chi connectivity index (χ4n) is 3.75. The van der Waals surface area contributed by atoms with Gasteiger partial charge >= 0.3 is 0 Å². The van der Waals surface area contributed by atoms with Crippen LogP contribution in [0.2, 0.25) is 0 Å². The van der Waals surface area contributed by atoms with Crippen molar-refractivity contribution in [3.63, 3.8) is 0 Å². The number of aromatic nitrogens is 2. The highest BCUT2D eigenvalue weighted by atomic mass is 32.1. The van der Waals surface area contributed by atoms with Crippen molar-refractivity contribution in [1.29, 1.82) is 0 Å². The summed E-state index contributed by atoms with van der Waals surface area (Å²) in [4.78, 5) is 24.8. The molecule has 1 aliphatic carbocycles. The van der Waals surface area contributed by atoms with E-state index >= 15 is 0 Å². The lowest BCUT2D eigenvalue weighted by atomic mass is 10.2. The fourth-order valence-corrected chi connectivity index (χ4v) is 5.03. The monoisotopic (exact) mass is 319 g/mol. The molecule has 1 N–H and O–H groups in total. The predicted octanol–water partition coefficient (Wildman–Crippen LogP) is 2.08. The summed E-state index contributed by atoms with van der Waals surface area (Å²) in [6.45, 7) is 6.63. The minimum absolute atomic E-state index is 0.0359. The number of H-pyrrole nitrogens is 1. The molecule has 4 rings (SSSR count). The van der Waals surface area contributed by atoms with Crippen LogP contribution in [0.1, 0.15) is 36.5 Å². The highest BCUT2D eigenvalue weighted by Crippen LogP contribution is 2.34. The first-order valence-corrected chi connectivity index (χ1v) is 8.83. The minimum atomic E-state index is 0.0359. The Morgan fingerprint density at radius 3 is 2.86 bits per heavy atom. The third-order valence-electron chi connectivity index (χ3n) is 4.49. The average Bonchev–Trinajstić information content (AvgIpc) is 2.96. The van der Waals surface area contributed by atoms with Gasteiger partial charge in [-0.25, -0.2) is 4.98 Å². The summed E-state index contributed by atoms with van der Waals surface area (Å²) in [5.74, 6) is 0.777. The first kappa shape index (κ1) is 14.4. The SMILES string of the molecule is C[C@H]1CN(Cc2nc3sc4c(c3c(=O)[nH]2)CCC4)C[C@H](C)O1. The van der Waals surface area contributed by atoms with E-state index in [2.05, 4.69) is 23.7 Å². The second-order valence-corrected chi connectivity index (χ2v) is 7.59. The summed E-state index contributed by atoms with van der Waals surface area (Å²) < 4.78 is 5.76. The lowest BCUT2D eigenvalue weighted by Crippen LogP contribution is -2.45. The van der Waals surface area contributed by atoms with Crippen LogP contribution < -0.4 is 5.56 Å². The van der Waals surface area contributed by atoms with Gasteiger partial charge in [0, 0.05) is 18.0 Å². The van der Waals surface area contributed by atoms with Crippen LogP contribution in [0.4, 0.5) is 0 Å². The van der Waals surface area contributed by atoms with Gasteiger partial charge in [0.25, 0.3) is 5.56 Å². The Morgan fingerprint density at radius 2 is 2.09 bits per heavy atom. The van der Waals surface area contributed by atoms with Crippen molar-refractivity contribution in [1.82, 2.24) is 14.9 Å². The Labute approximate surface area is 133 Å². The predicted molar refractivity (Wildman–Crippen MR) is 87.6 cm³/mol. The Balaban J connectivity index is 1.64. The maximum Gasteiger partial charge on any atom is 0.259 e. The molecule has 1 aliphatic heterocycles. The molecular formula is C16H21N3O2S. The summed E-state index contributed by atoms with van der Waals surface area (Å²) in [5.41, 5.74) is 1.28. The van der Waals surface area contributed by atoms with Crippen LogP contribution in [-0.4, -0.2) is 40.2 Å². The van der Waals surface area contributed by atoms with Gasteiger partial charge < -0.3 is 9.72 Å². The van der Waals surface area contributed by atoms with Crippen molar-refractivity contribution in [3.05, 3.63) is 26.6 Å². The molecule has 0 radical (unpaired) electrons. The molecule has 0 spiro atoms. The molecule has 1 saturated heterocycles. The molecule has 0 saturated carbocycles. The molecule has 1 fully saturated rings. The van der Waals surface area contributed by atoms with E-state index in [9.17, 15) is 4.79 Å². The number of aromatic amines is 1. The van der Waals surface area contributed by atoms with Crippen molar-refractivity contribution >= 4 is 21.6 Å². The largest absolute Gasteiger partial charge is 0.373 e. The number of nitrogens with one attached hydrogen (secondary N) is 1. The Morgan fingerprint density at radius 1 is 1.32 bits per heavy atom. The molecule has 2 aromatic heterocycles. The van der Waals surface area contributed by atoms with Gasteiger partial charge in [0.2, 0.25) is 0 Å². The van der Waals surface area contributed by atoms with Crippen molar-refractivity contribution in [2.45, 2.75) is 51.9 Å². The van der Waals surface area contributed by atoms with E-state index in [1.165, 1.54) is 16.9 Å². The molecule has 2 aliphatic rings. The van der Waals surface area contributed by atoms with Gasteiger partial charge in [0.15, 0.2) is 0 Å².